The van der Waals surface area contributed by atoms with Gasteiger partial charge in [-0.15, -0.1) is 0 Å². The first-order chi connectivity index (χ1) is 13.3. The first kappa shape index (κ1) is 20.8. The number of hydroxylamine groups is 2. The minimum absolute atomic E-state index is 0.114. The molecule has 1 fully saturated rings. The molecule has 1 aliphatic heterocycles. The topological polar surface area (TPSA) is 59.1 Å². The first-order valence-electron chi connectivity index (χ1n) is 9.40. The van der Waals surface area contributed by atoms with Gasteiger partial charge in [0, 0.05) is 20.1 Å². The van der Waals surface area contributed by atoms with E-state index in [2.05, 4.69) is 0 Å². The van der Waals surface area contributed by atoms with E-state index in [9.17, 15) is 8.42 Å². The maximum Gasteiger partial charge on any atom is 0.221 e. The van der Waals surface area contributed by atoms with Crippen LogP contribution < -0.4 is 4.74 Å². The molecule has 152 valence electrons. The number of sulfonamides is 1. The van der Waals surface area contributed by atoms with E-state index >= 15 is 0 Å². The molecular weight excluding hydrogens is 376 g/mol. The van der Waals surface area contributed by atoms with Crippen molar-refractivity contribution in [3.8, 4) is 5.75 Å². The molecular formula is C21H28N2O4S. The van der Waals surface area contributed by atoms with Gasteiger partial charge in [-0.25, -0.2) is 12.7 Å². The van der Waals surface area contributed by atoms with Gasteiger partial charge in [-0.1, -0.05) is 42.5 Å². The molecule has 0 radical (unpaired) electrons. The van der Waals surface area contributed by atoms with Crippen LogP contribution in [0.1, 0.15) is 31.0 Å². The van der Waals surface area contributed by atoms with Crippen molar-refractivity contribution in [3.05, 3.63) is 65.7 Å². The molecule has 0 bridgehead atoms. The standard InChI is InChI=1S/C21H28N2O4S/c1-16(2)23(4)28(24,25)20-15-27-22(3)21(20)18-11-8-12-19(13-18)26-14-17-9-6-5-7-10-17/h5-13,16,20-21H,14-15H2,1-4H3/t20-,21+/m0/s1. The number of rotatable bonds is 7. The highest BCUT2D eigenvalue weighted by atomic mass is 32.2. The highest BCUT2D eigenvalue weighted by molar-refractivity contribution is 7.89. The van der Waals surface area contributed by atoms with Gasteiger partial charge in [-0.2, -0.15) is 5.06 Å². The van der Waals surface area contributed by atoms with Gasteiger partial charge in [0.1, 0.15) is 17.6 Å². The highest BCUT2D eigenvalue weighted by Crippen LogP contribution is 2.36. The lowest BCUT2D eigenvalue weighted by molar-refractivity contribution is -0.110. The summed E-state index contributed by atoms with van der Waals surface area (Å²) in [6, 6.07) is 17.0. The average molecular weight is 405 g/mol. The van der Waals surface area contributed by atoms with Crippen molar-refractivity contribution in [2.24, 2.45) is 0 Å². The van der Waals surface area contributed by atoms with E-state index in [1.54, 1.807) is 19.2 Å². The van der Waals surface area contributed by atoms with Gasteiger partial charge in [0.2, 0.25) is 10.0 Å². The summed E-state index contributed by atoms with van der Waals surface area (Å²) in [5.74, 6) is 0.704. The smallest absolute Gasteiger partial charge is 0.221 e. The molecule has 2 atom stereocenters. The van der Waals surface area contributed by atoms with Gasteiger partial charge in [-0.05, 0) is 37.1 Å². The molecule has 0 saturated carbocycles. The van der Waals surface area contributed by atoms with Crippen LogP contribution >= 0.6 is 0 Å². The molecule has 3 rings (SSSR count). The third kappa shape index (κ3) is 4.38. The second-order valence-electron chi connectivity index (χ2n) is 7.33. The number of nitrogens with zero attached hydrogens (tertiary/aromatic N) is 2. The van der Waals surface area contributed by atoms with Crippen LogP contribution in [0.25, 0.3) is 0 Å². The molecule has 1 heterocycles. The van der Waals surface area contributed by atoms with Gasteiger partial charge in [0.15, 0.2) is 0 Å². The Kier molecular flexibility index (Phi) is 6.40. The Hall–Kier alpha value is -1.93. The predicted octanol–water partition coefficient (Wildman–Crippen LogP) is 3.22. The molecule has 0 spiro atoms. The van der Waals surface area contributed by atoms with Crippen molar-refractivity contribution in [1.29, 1.82) is 0 Å². The van der Waals surface area contributed by atoms with Crippen molar-refractivity contribution in [2.45, 2.75) is 37.8 Å². The van der Waals surface area contributed by atoms with E-state index in [4.69, 9.17) is 9.57 Å². The molecule has 0 aliphatic carbocycles. The Morgan fingerprint density at radius 3 is 2.57 bits per heavy atom. The van der Waals surface area contributed by atoms with Crippen LogP contribution in [0.5, 0.6) is 5.75 Å². The van der Waals surface area contributed by atoms with E-state index < -0.39 is 21.3 Å². The summed E-state index contributed by atoms with van der Waals surface area (Å²) in [6.45, 7) is 4.32. The Bertz CT molecular complexity index is 886. The SMILES string of the molecule is CC(C)N(C)S(=O)(=O)[C@H]1CON(C)[C@@H]1c1cccc(OCc2ccccc2)c1. The second kappa shape index (κ2) is 8.61. The van der Waals surface area contributed by atoms with E-state index in [1.807, 2.05) is 68.4 Å². The molecule has 2 aromatic rings. The average Bonchev–Trinajstić information content (AvgIpc) is 3.09. The summed E-state index contributed by atoms with van der Waals surface area (Å²) in [7, 11) is -0.120. The molecule has 0 aromatic heterocycles. The van der Waals surface area contributed by atoms with Crippen LogP contribution in [0.3, 0.4) is 0 Å². The summed E-state index contributed by atoms with van der Waals surface area (Å²) in [5.41, 5.74) is 1.93. The van der Waals surface area contributed by atoms with Crippen LogP contribution in [0, 0.1) is 0 Å². The van der Waals surface area contributed by atoms with E-state index in [1.165, 1.54) is 4.31 Å². The van der Waals surface area contributed by atoms with E-state index in [0.29, 0.717) is 12.4 Å². The third-order valence-corrected chi connectivity index (χ3v) is 7.53. The quantitative estimate of drug-likeness (QED) is 0.709. The maximum absolute atomic E-state index is 13.1. The van der Waals surface area contributed by atoms with Crippen molar-refractivity contribution >= 4 is 10.0 Å². The lowest BCUT2D eigenvalue weighted by Crippen LogP contribution is -2.43. The second-order valence-corrected chi connectivity index (χ2v) is 9.54. The fourth-order valence-electron chi connectivity index (χ4n) is 3.31. The summed E-state index contributed by atoms with van der Waals surface area (Å²) in [6.07, 6.45) is 0. The number of hydrogen-bond donors (Lipinski definition) is 0. The van der Waals surface area contributed by atoms with Crippen molar-refractivity contribution in [2.75, 3.05) is 20.7 Å². The molecule has 6 nitrogen and oxygen atoms in total. The van der Waals surface area contributed by atoms with Gasteiger partial charge in [-0.3, -0.25) is 4.84 Å². The van der Waals surface area contributed by atoms with Gasteiger partial charge < -0.3 is 4.74 Å². The van der Waals surface area contributed by atoms with Gasteiger partial charge >= 0.3 is 0 Å². The molecule has 1 aliphatic rings. The molecule has 0 amide bonds. The Morgan fingerprint density at radius 2 is 1.89 bits per heavy atom. The van der Waals surface area contributed by atoms with Crippen molar-refractivity contribution in [1.82, 2.24) is 9.37 Å². The summed E-state index contributed by atoms with van der Waals surface area (Å²) >= 11 is 0. The zero-order chi connectivity index (χ0) is 20.3. The van der Waals surface area contributed by atoms with E-state index in [0.717, 1.165) is 11.1 Å². The zero-order valence-corrected chi connectivity index (χ0v) is 17.6. The number of benzene rings is 2. The minimum Gasteiger partial charge on any atom is -0.489 e. The molecule has 0 unspecified atom stereocenters. The van der Waals surface area contributed by atoms with Crippen molar-refractivity contribution < 1.29 is 18.0 Å². The predicted molar refractivity (Wildman–Crippen MR) is 109 cm³/mol. The van der Waals surface area contributed by atoms with Crippen LogP contribution in [0.2, 0.25) is 0 Å². The molecule has 1 saturated heterocycles. The fourth-order valence-corrected chi connectivity index (χ4v) is 5.21. The summed E-state index contributed by atoms with van der Waals surface area (Å²) < 4.78 is 33.5. The first-order valence-corrected chi connectivity index (χ1v) is 10.9. The molecule has 2 aromatic carbocycles. The van der Waals surface area contributed by atoms with Crippen molar-refractivity contribution in [3.63, 3.8) is 0 Å². The van der Waals surface area contributed by atoms with Crippen LogP contribution in [0.4, 0.5) is 0 Å². The lowest BCUT2D eigenvalue weighted by Gasteiger charge is -2.28. The van der Waals surface area contributed by atoms with E-state index in [-0.39, 0.29) is 12.6 Å². The largest absolute Gasteiger partial charge is 0.489 e. The fraction of sp³-hybridized carbons (Fsp3) is 0.429. The monoisotopic (exact) mass is 404 g/mol. The van der Waals surface area contributed by atoms with Crippen LogP contribution in [-0.2, 0) is 21.5 Å². The van der Waals surface area contributed by atoms with Crippen LogP contribution in [0.15, 0.2) is 54.6 Å². The maximum atomic E-state index is 13.1. The Balaban J connectivity index is 1.82. The molecule has 28 heavy (non-hydrogen) atoms. The zero-order valence-electron chi connectivity index (χ0n) is 16.8. The molecule has 7 heteroatoms. The van der Waals surface area contributed by atoms with Gasteiger partial charge in [0.05, 0.1) is 12.6 Å². The molecule has 0 N–H and O–H groups in total. The lowest BCUT2D eigenvalue weighted by atomic mass is 10.0. The third-order valence-electron chi connectivity index (χ3n) is 5.15. The summed E-state index contributed by atoms with van der Waals surface area (Å²) in [4.78, 5) is 5.60. The number of ether oxygens (including phenoxy) is 1. The Labute approximate surface area is 167 Å². The highest BCUT2D eigenvalue weighted by Gasteiger charge is 2.45. The minimum atomic E-state index is -3.51. The van der Waals surface area contributed by atoms with Crippen LogP contribution in [-0.4, -0.2) is 49.8 Å². The normalized spacial score (nSPS) is 20.8. The number of hydrogen-bond acceptors (Lipinski definition) is 5. The summed E-state index contributed by atoms with van der Waals surface area (Å²) in [5, 5.41) is 0.960. The Morgan fingerprint density at radius 1 is 1.18 bits per heavy atom. The van der Waals surface area contributed by atoms with Gasteiger partial charge in [0.25, 0.3) is 0 Å².